The minimum atomic E-state index is -0.244. The second-order valence-electron chi connectivity index (χ2n) is 6.55. The van der Waals surface area contributed by atoms with Gasteiger partial charge in [0.2, 0.25) is 17.8 Å². The van der Waals surface area contributed by atoms with Crippen LogP contribution in [0, 0.1) is 0 Å². The number of rotatable bonds is 9. The van der Waals surface area contributed by atoms with Gasteiger partial charge in [-0.25, -0.2) is 0 Å². The topological polar surface area (TPSA) is 106 Å². The summed E-state index contributed by atoms with van der Waals surface area (Å²) in [7, 11) is 0. The number of carbonyl (C=O) groups excluding carboxylic acids is 1. The highest BCUT2D eigenvalue weighted by atomic mass is 35.5. The summed E-state index contributed by atoms with van der Waals surface area (Å²) >= 11 is 7.34. The molecule has 0 saturated carbocycles. The number of nitrogens with one attached hydrogen (secondary N) is 2. The molecule has 0 spiro atoms. The number of amides is 1. The molecule has 0 radical (unpaired) electrons. The summed E-state index contributed by atoms with van der Waals surface area (Å²) < 4.78 is 0. The van der Waals surface area contributed by atoms with Crippen molar-refractivity contribution in [3.05, 3.63) is 71.0 Å². The number of carbonyl (C=O) groups is 1. The van der Waals surface area contributed by atoms with Crippen LogP contribution < -0.4 is 16.4 Å². The first kappa shape index (κ1) is 21.9. The number of nitrogen functional groups attached to an aromatic ring is 1. The Bertz CT molecular complexity index is 971. The van der Waals surface area contributed by atoms with Crippen molar-refractivity contribution >= 4 is 46.9 Å². The lowest BCUT2D eigenvalue weighted by Crippen LogP contribution is -2.32. The summed E-state index contributed by atoms with van der Waals surface area (Å²) in [5.74, 6) is 1.40. The smallest absolute Gasteiger partial charge is 0.232 e. The Kier molecular flexibility index (Phi) is 7.87. The van der Waals surface area contributed by atoms with E-state index in [9.17, 15) is 4.79 Å². The normalized spacial score (nSPS) is 11.7. The quantitative estimate of drug-likeness (QED) is 0.462. The van der Waals surface area contributed by atoms with Crippen LogP contribution in [0.3, 0.4) is 0 Å². The van der Waals surface area contributed by atoms with E-state index in [1.165, 1.54) is 17.3 Å². The highest BCUT2D eigenvalue weighted by Gasteiger charge is 2.14. The maximum absolute atomic E-state index is 12.3. The lowest BCUT2D eigenvalue weighted by Gasteiger charge is -2.12. The van der Waals surface area contributed by atoms with Crippen LogP contribution in [0.1, 0.15) is 18.3 Å². The van der Waals surface area contributed by atoms with Crippen LogP contribution in [0.4, 0.5) is 17.6 Å². The number of nitrogens with two attached hydrogens (primary N) is 1. The molecule has 0 bridgehead atoms. The molecule has 3 rings (SSSR count). The maximum Gasteiger partial charge on any atom is 0.232 e. The summed E-state index contributed by atoms with van der Waals surface area (Å²) in [5.41, 5.74) is 7.79. The molecular formula is C21H23ClN6OS. The monoisotopic (exact) mass is 442 g/mol. The van der Waals surface area contributed by atoms with Gasteiger partial charge in [-0.3, -0.25) is 4.79 Å². The van der Waals surface area contributed by atoms with Crippen molar-refractivity contribution in [3.8, 4) is 0 Å². The van der Waals surface area contributed by atoms with Crippen molar-refractivity contribution in [1.29, 1.82) is 0 Å². The van der Waals surface area contributed by atoms with Crippen molar-refractivity contribution in [3.63, 3.8) is 0 Å². The number of thioether (sulfide) groups is 1. The third-order valence-corrected chi connectivity index (χ3v) is 5.58. The molecule has 7 nitrogen and oxygen atoms in total. The van der Waals surface area contributed by atoms with Gasteiger partial charge in [0, 0.05) is 17.3 Å². The Morgan fingerprint density at radius 3 is 2.57 bits per heavy atom. The molecule has 0 fully saturated rings. The fourth-order valence-electron chi connectivity index (χ4n) is 2.61. The molecule has 2 aromatic carbocycles. The van der Waals surface area contributed by atoms with Gasteiger partial charge < -0.3 is 16.4 Å². The molecule has 0 aliphatic carbocycles. The molecule has 4 N–H and O–H groups in total. The zero-order valence-electron chi connectivity index (χ0n) is 16.5. The van der Waals surface area contributed by atoms with Gasteiger partial charge in [-0.1, -0.05) is 41.9 Å². The van der Waals surface area contributed by atoms with E-state index in [4.69, 9.17) is 17.3 Å². The second kappa shape index (κ2) is 10.8. The van der Waals surface area contributed by atoms with Crippen LogP contribution in [0.25, 0.3) is 0 Å². The van der Waals surface area contributed by atoms with E-state index in [2.05, 4.69) is 25.6 Å². The third-order valence-electron chi connectivity index (χ3n) is 4.19. The molecule has 3 aromatic rings. The first-order valence-electron chi connectivity index (χ1n) is 9.46. The Morgan fingerprint density at radius 2 is 1.83 bits per heavy atom. The van der Waals surface area contributed by atoms with E-state index in [-0.39, 0.29) is 17.1 Å². The lowest BCUT2D eigenvalue weighted by molar-refractivity contribution is -0.120. The minimum absolute atomic E-state index is 0.0162. The summed E-state index contributed by atoms with van der Waals surface area (Å²) in [6, 6.07) is 17.2. The third kappa shape index (κ3) is 6.89. The van der Waals surface area contributed by atoms with Crippen molar-refractivity contribution < 1.29 is 4.79 Å². The van der Waals surface area contributed by atoms with Crippen molar-refractivity contribution in [1.82, 2.24) is 20.3 Å². The van der Waals surface area contributed by atoms with Gasteiger partial charge in [-0.15, -0.1) is 11.8 Å². The van der Waals surface area contributed by atoms with Gasteiger partial charge in [0.25, 0.3) is 0 Å². The molecule has 1 aromatic heterocycles. The number of aromatic nitrogens is 3. The van der Waals surface area contributed by atoms with Gasteiger partial charge in [0.1, 0.15) is 5.82 Å². The van der Waals surface area contributed by atoms with Crippen molar-refractivity contribution in [2.24, 2.45) is 0 Å². The molecule has 9 heteroatoms. The van der Waals surface area contributed by atoms with Gasteiger partial charge in [-0.05, 0) is 43.2 Å². The molecule has 1 atom stereocenters. The summed E-state index contributed by atoms with van der Waals surface area (Å²) in [5, 5.41) is 6.44. The highest BCUT2D eigenvalue weighted by molar-refractivity contribution is 7.99. The van der Waals surface area contributed by atoms with Crippen LogP contribution >= 0.6 is 23.4 Å². The summed E-state index contributed by atoms with van der Waals surface area (Å²) in [6.45, 7) is 2.46. The predicted octanol–water partition coefficient (Wildman–Crippen LogP) is 3.83. The van der Waals surface area contributed by atoms with Gasteiger partial charge in [-0.2, -0.15) is 15.0 Å². The summed E-state index contributed by atoms with van der Waals surface area (Å²) in [6.07, 6.45) is 0.799. The second-order valence-corrected chi connectivity index (χ2v) is 8.31. The molecule has 30 heavy (non-hydrogen) atoms. The molecular weight excluding hydrogens is 420 g/mol. The SMILES string of the molecule is CC(SCc1nc(N)nc(Nc2ccc(Cl)cc2)n1)C(=O)NCCc1ccccc1. The molecule has 1 unspecified atom stereocenters. The first-order valence-corrected chi connectivity index (χ1v) is 10.9. The minimum Gasteiger partial charge on any atom is -0.368 e. The Balaban J connectivity index is 1.49. The Labute approximate surface area is 184 Å². The zero-order chi connectivity index (χ0) is 21.3. The fraction of sp³-hybridized carbons (Fsp3) is 0.238. The maximum atomic E-state index is 12.3. The van der Waals surface area contributed by atoms with E-state index in [1.54, 1.807) is 12.1 Å². The number of hydrogen-bond donors (Lipinski definition) is 3. The number of benzene rings is 2. The van der Waals surface area contributed by atoms with E-state index < -0.39 is 0 Å². The van der Waals surface area contributed by atoms with E-state index in [0.717, 1.165) is 12.1 Å². The molecule has 1 amide bonds. The Morgan fingerprint density at radius 1 is 1.10 bits per heavy atom. The van der Waals surface area contributed by atoms with Gasteiger partial charge >= 0.3 is 0 Å². The molecule has 0 aliphatic rings. The number of anilines is 3. The number of halogens is 1. The number of nitrogens with zero attached hydrogens (tertiary/aromatic N) is 3. The number of hydrogen-bond acceptors (Lipinski definition) is 7. The van der Waals surface area contributed by atoms with Crippen molar-refractivity contribution in [2.45, 2.75) is 24.3 Å². The molecule has 0 aliphatic heterocycles. The van der Waals surface area contributed by atoms with Crippen LogP contribution in [0.2, 0.25) is 5.02 Å². The highest BCUT2D eigenvalue weighted by Crippen LogP contribution is 2.19. The largest absolute Gasteiger partial charge is 0.368 e. The van der Waals surface area contributed by atoms with Gasteiger partial charge in [0.15, 0.2) is 0 Å². The van der Waals surface area contributed by atoms with Gasteiger partial charge in [0.05, 0.1) is 11.0 Å². The predicted molar refractivity (Wildman–Crippen MR) is 123 cm³/mol. The molecule has 1 heterocycles. The van der Waals surface area contributed by atoms with Crippen LogP contribution in [0.5, 0.6) is 0 Å². The average Bonchev–Trinajstić information content (AvgIpc) is 2.74. The van der Waals surface area contributed by atoms with Crippen molar-refractivity contribution in [2.75, 3.05) is 17.6 Å². The van der Waals surface area contributed by atoms with Crippen LogP contribution in [0.15, 0.2) is 54.6 Å². The zero-order valence-corrected chi connectivity index (χ0v) is 18.1. The van der Waals surface area contributed by atoms with E-state index in [0.29, 0.717) is 29.1 Å². The lowest BCUT2D eigenvalue weighted by atomic mass is 10.1. The standard InChI is InChI=1S/C21H23ClN6OS/c1-14(19(29)24-12-11-15-5-3-2-4-6-15)30-13-18-26-20(23)28-21(27-18)25-17-9-7-16(22)8-10-17/h2-10,14H,11-13H2,1H3,(H,24,29)(H3,23,25,26,27,28). The molecule has 0 saturated heterocycles. The Hall–Kier alpha value is -2.84. The van der Waals surface area contributed by atoms with E-state index >= 15 is 0 Å². The van der Waals surface area contributed by atoms with Crippen LogP contribution in [-0.4, -0.2) is 32.7 Å². The van der Waals surface area contributed by atoms with Crippen LogP contribution in [-0.2, 0) is 17.0 Å². The summed E-state index contributed by atoms with van der Waals surface area (Å²) in [4.78, 5) is 25.0. The first-order chi connectivity index (χ1) is 14.5. The van der Waals surface area contributed by atoms with E-state index in [1.807, 2.05) is 49.4 Å². The average molecular weight is 443 g/mol. The molecule has 156 valence electrons. The fourth-order valence-corrected chi connectivity index (χ4v) is 3.50.